The number of hydrogen-bond donors (Lipinski definition) is 4. The Morgan fingerprint density at radius 3 is 2.77 bits per heavy atom. The number of thioether (sulfide) groups is 1. The Balaban J connectivity index is 2.66. The molecule has 2 unspecified atom stereocenters. The first-order valence-corrected chi connectivity index (χ1v) is 8.78. The zero-order valence-electron chi connectivity index (χ0n) is 13.3. The highest BCUT2D eigenvalue weighted by atomic mass is 32.2. The van der Waals surface area contributed by atoms with Gasteiger partial charge in [-0.3, -0.25) is 9.89 Å². The summed E-state index contributed by atoms with van der Waals surface area (Å²) in [4.78, 5) is 23.2. The van der Waals surface area contributed by atoms with E-state index in [9.17, 15) is 9.59 Å². The standard InChI is InChI=1S/C14H25N5O2S/c1-4-5-9(2)11-8-12(19-18-11)17-13(20)10(6-7-22-3)16-14(15)21/h8-10H,4-7H2,1-3H3,(H3,15,16,21)(H2,17,18,19,20). The first kappa shape index (κ1) is 18.3. The lowest BCUT2D eigenvalue weighted by Crippen LogP contribution is -2.46. The number of H-pyrrole nitrogens is 1. The molecule has 1 aromatic heterocycles. The summed E-state index contributed by atoms with van der Waals surface area (Å²) < 4.78 is 0. The van der Waals surface area contributed by atoms with E-state index in [1.54, 1.807) is 11.8 Å². The van der Waals surface area contributed by atoms with Crippen molar-refractivity contribution in [2.45, 2.75) is 45.1 Å². The largest absolute Gasteiger partial charge is 0.352 e. The Hall–Kier alpha value is -1.70. The summed E-state index contributed by atoms with van der Waals surface area (Å²) in [5.41, 5.74) is 6.10. The van der Waals surface area contributed by atoms with Crippen molar-refractivity contribution in [3.8, 4) is 0 Å². The zero-order valence-corrected chi connectivity index (χ0v) is 14.1. The van der Waals surface area contributed by atoms with Crippen LogP contribution in [0.1, 0.15) is 44.7 Å². The van der Waals surface area contributed by atoms with Gasteiger partial charge in [0.1, 0.15) is 6.04 Å². The van der Waals surface area contributed by atoms with Gasteiger partial charge < -0.3 is 16.4 Å². The molecule has 0 saturated carbocycles. The number of amides is 3. The maximum absolute atomic E-state index is 12.2. The minimum absolute atomic E-state index is 0.311. The van der Waals surface area contributed by atoms with E-state index < -0.39 is 12.1 Å². The molecule has 22 heavy (non-hydrogen) atoms. The highest BCUT2D eigenvalue weighted by molar-refractivity contribution is 7.98. The van der Waals surface area contributed by atoms with Gasteiger partial charge in [0.15, 0.2) is 5.82 Å². The molecule has 0 aliphatic rings. The Morgan fingerprint density at radius 2 is 2.18 bits per heavy atom. The number of carbonyl (C=O) groups excluding carboxylic acids is 2. The van der Waals surface area contributed by atoms with Gasteiger partial charge in [0.2, 0.25) is 5.91 Å². The Kier molecular flexibility index (Phi) is 7.79. The van der Waals surface area contributed by atoms with Crippen molar-refractivity contribution in [2.75, 3.05) is 17.3 Å². The average Bonchev–Trinajstić information content (AvgIpc) is 2.91. The maximum Gasteiger partial charge on any atom is 0.312 e. The molecule has 0 fully saturated rings. The minimum atomic E-state index is -0.708. The fraction of sp³-hybridized carbons (Fsp3) is 0.643. The van der Waals surface area contributed by atoms with Gasteiger partial charge in [-0.1, -0.05) is 20.3 Å². The van der Waals surface area contributed by atoms with E-state index in [0.29, 0.717) is 18.2 Å². The van der Waals surface area contributed by atoms with Gasteiger partial charge in [0, 0.05) is 11.8 Å². The number of nitrogens with one attached hydrogen (secondary N) is 3. The molecule has 0 saturated heterocycles. The van der Waals surface area contributed by atoms with Crippen molar-refractivity contribution in [3.05, 3.63) is 11.8 Å². The molecule has 5 N–H and O–H groups in total. The Morgan fingerprint density at radius 1 is 1.45 bits per heavy atom. The number of nitrogens with two attached hydrogens (primary N) is 1. The molecule has 8 heteroatoms. The van der Waals surface area contributed by atoms with Crippen LogP contribution < -0.4 is 16.4 Å². The van der Waals surface area contributed by atoms with Gasteiger partial charge in [-0.25, -0.2) is 4.79 Å². The van der Waals surface area contributed by atoms with Crippen LogP contribution in [-0.4, -0.2) is 40.2 Å². The Bertz CT molecular complexity index is 491. The molecule has 0 aliphatic carbocycles. The van der Waals surface area contributed by atoms with E-state index in [-0.39, 0.29) is 5.91 Å². The van der Waals surface area contributed by atoms with Crippen LogP contribution >= 0.6 is 11.8 Å². The van der Waals surface area contributed by atoms with Gasteiger partial charge in [-0.2, -0.15) is 16.9 Å². The summed E-state index contributed by atoms with van der Waals surface area (Å²) >= 11 is 1.60. The number of anilines is 1. The molecule has 7 nitrogen and oxygen atoms in total. The second-order valence-corrected chi connectivity index (χ2v) is 6.22. The minimum Gasteiger partial charge on any atom is -0.352 e. The Labute approximate surface area is 135 Å². The first-order valence-electron chi connectivity index (χ1n) is 7.39. The molecule has 1 aromatic rings. The monoisotopic (exact) mass is 327 g/mol. The van der Waals surface area contributed by atoms with E-state index in [1.807, 2.05) is 12.3 Å². The number of rotatable bonds is 9. The predicted molar refractivity (Wildman–Crippen MR) is 90.0 cm³/mol. The molecule has 0 bridgehead atoms. The van der Waals surface area contributed by atoms with Gasteiger partial charge in [0.05, 0.1) is 0 Å². The molecular formula is C14H25N5O2S. The van der Waals surface area contributed by atoms with E-state index in [0.717, 1.165) is 24.3 Å². The van der Waals surface area contributed by atoms with Crippen molar-refractivity contribution in [3.63, 3.8) is 0 Å². The highest BCUT2D eigenvalue weighted by Gasteiger charge is 2.20. The number of aromatic nitrogens is 2. The van der Waals surface area contributed by atoms with Crippen molar-refractivity contribution < 1.29 is 9.59 Å². The van der Waals surface area contributed by atoms with Crippen LogP contribution in [-0.2, 0) is 4.79 Å². The molecular weight excluding hydrogens is 302 g/mol. The van der Waals surface area contributed by atoms with E-state index >= 15 is 0 Å². The predicted octanol–water partition coefficient (Wildman–Crippen LogP) is 2.04. The molecule has 3 amide bonds. The van der Waals surface area contributed by atoms with Crippen LogP contribution in [0.5, 0.6) is 0 Å². The smallest absolute Gasteiger partial charge is 0.312 e. The van der Waals surface area contributed by atoms with E-state index in [1.165, 1.54) is 0 Å². The summed E-state index contributed by atoms with van der Waals surface area (Å²) in [5.74, 6) is 1.26. The van der Waals surface area contributed by atoms with Crippen LogP contribution in [0.15, 0.2) is 6.07 Å². The number of hydrogen-bond acceptors (Lipinski definition) is 4. The van der Waals surface area contributed by atoms with Crippen molar-refractivity contribution in [2.24, 2.45) is 5.73 Å². The number of urea groups is 1. The van der Waals surface area contributed by atoms with Crippen LogP contribution in [0.4, 0.5) is 10.6 Å². The van der Waals surface area contributed by atoms with E-state index in [4.69, 9.17) is 5.73 Å². The molecule has 0 spiro atoms. The fourth-order valence-corrected chi connectivity index (χ4v) is 2.60. The quantitative estimate of drug-likeness (QED) is 0.556. The SMILES string of the molecule is CCCC(C)c1cc(NC(=O)C(CCSC)NC(N)=O)n[nH]1. The lowest BCUT2D eigenvalue weighted by molar-refractivity contribution is -0.118. The second-order valence-electron chi connectivity index (χ2n) is 5.23. The van der Waals surface area contributed by atoms with E-state index in [2.05, 4.69) is 34.7 Å². The molecule has 0 aromatic carbocycles. The molecule has 0 radical (unpaired) electrons. The third kappa shape index (κ3) is 5.97. The summed E-state index contributed by atoms with van der Waals surface area (Å²) in [6, 6.07) is 0.465. The van der Waals surface area contributed by atoms with Gasteiger partial charge in [-0.05, 0) is 30.8 Å². The maximum atomic E-state index is 12.2. The normalized spacial score (nSPS) is 13.4. The summed E-state index contributed by atoms with van der Waals surface area (Å²) in [6.45, 7) is 4.24. The van der Waals surface area contributed by atoms with Gasteiger partial charge in [-0.15, -0.1) is 0 Å². The summed E-state index contributed by atoms with van der Waals surface area (Å²) in [6.07, 6.45) is 4.59. The molecule has 1 heterocycles. The molecule has 2 atom stereocenters. The number of primary amides is 1. The summed E-state index contributed by atoms with van der Waals surface area (Å²) in [7, 11) is 0. The lowest BCUT2D eigenvalue weighted by Gasteiger charge is -2.15. The van der Waals surface area contributed by atoms with Crippen LogP contribution in [0.3, 0.4) is 0 Å². The number of nitrogens with zero attached hydrogens (tertiary/aromatic N) is 1. The third-order valence-corrected chi connectivity index (χ3v) is 3.99. The van der Waals surface area contributed by atoms with Crippen LogP contribution in [0, 0.1) is 0 Å². The topological polar surface area (TPSA) is 113 Å². The fourth-order valence-electron chi connectivity index (χ4n) is 2.13. The van der Waals surface area contributed by atoms with Crippen molar-refractivity contribution in [1.29, 1.82) is 0 Å². The van der Waals surface area contributed by atoms with Crippen LogP contribution in [0.25, 0.3) is 0 Å². The van der Waals surface area contributed by atoms with Crippen molar-refractivity contribution >= 4 is 29.5 Å². The second kappa shape index (κ2) is 9.34. The third-order valence-electron chi connectivity index (χ3n) is 3.35. The molecule has 124 valence electrons. The van der Waals surface area contributed by atoms with Gasteiger partial charge in [0.25, 0.3) is 0 Å². The number of carbonyl (C=O) groups is 2. The first-order chi connectivity index (χ1) is 10.5. The summed E-state index contributed by atoms with van der Waals surface area (Å²) in [5, 5.41) is 12.2. The van der Waals surface area contributed by atoms with Crippen molar-refractivity contribution in [1.82, 2.24) is 15.5 Å². The molecule has 0 aliphatic heterocycles. The highest BCUT2D eigenvalue weighted by Crippen LogP contribution is 2.20. The number of aromatic amines is 1. The van der Waals surface area contributed by atoms with Gasteiger partial charge >= 0.3 is 6.03 Å². The lowest BCUT2D eigenvalue weighted by atomic mass is 10.0. The molecule has 1 rings (SSSR count). The average molecular weight is 327 g/mol. The zero-order chi connectivity index (χ0) is 16.5. The van der Waals surface area contributed by atoms with Crippen LogP contribution in [0.2, 0.25) is 0 Å².